The van der Waals surface area contributed by atoms with E-state index in [1.807, 2.05) is 19.1 Å². The topological polar surface area (TPSA) is 89.0 Å². The minimum Gasteiger partial charge on any atom is -0.375 e. The Bertz CT molecular complexity index is 705. The molecule has 2 rings (SSSR count). The van der Waals surface area contributed by atoms with Crippen LogP contribution < -0.4 is 10.6 Å². The lowest BCUT2D eigenvalue weighted by atomic mass is 10.1. The van der Waals surface area contributed by atoms with Crippen molar-refractivity contribution in [2.24, 2.45) is 0 Å². The predicted molar refractivity (Wildman–Crippen MR) is 92.8 cm³/mol. The molecule has 2 aromatic rings. The number of carbonyl (C=O) groups is 1. The summed E-state index contributed by atoms with van der Waals surface area (Å²) in [5.74, 6) is 0.966. The van der Waals surface area contributed by atoms with E-state index in [1.54, 1.807) is 6.92 Å². The van der Waals surface area contributed by atoms with Gasteiger partial charge < -0.3 is 10.1 Å². The predicted octanol–water partition coefficient (Wildman–Crippen LogP) is 2.46. The van der Waals surface area contributed by atoms with Crippen molar-refractivity contribution in [1.82, 2.24) is 15.0 Å². The van der Waals surface area contributed by atoms with Gasteiger partial charge >= 0.3 is 0 Å². The Labute approximate surface area is 141 Å². The number of benzene rings is 1. The second kappa shape index (κ2) is 8.35. The van der Waals surface area contributed by atoms with Crippen LogP contribution in [0, 0.1) is 13.8 Å². The number of nitrogens with one attached hydrogen (secondary N) is 2. The third-order valence-corrected chi connectivity index (χ3v) is 3.13. The monoisotopic (exact) mass is 329 g/mol. The Kier molecular flexibility index (Phi) is 6.20. The van der Waals surface area contributed by atoms with Gasteiger partial charge in [-0.25, -0.2) is 0 Å². The van der Waals surface area contributed by atoms with Crippen LogP contribution in [0.1, 0.15) is 30.8 Å². The summed E-state index contributed by atoms with van der Waals surface area (Å²) in [6.07, 6.45) is 0. The summed E-state index contributed by atoms with van der Waals surface area (Å²) in [6, 6.07) is 8.24. The Morgan fingerprint density at radius 1 is 1.21 bits per heavy atom. The van der Waals surface area contributed by atoms with E-state index in [1.165, 1.54) is 12.5 Å². The van der Waals surface area contributed by atoms with Crippen molar-refractivity contribution in [2.75, 3.05) is 17.2 Å². The van der Waals surface area contributed by atoms with E-state index in [4.69, 9.17) is 4.74 Å². The number of aryl methyl sites for hydroxylation is 2. The van der Waals surface area contributed by atoms with Crippen molar-refractivity contribution in [3.05, 3.63) is 41.2 Å². The van der Waals surface area contributed by atoms with Crippen LogP contribution in [0.2, 0.25) is 0 Å². The Balaban J connectivity index is 1.86. The SMILES string of the molecule is CC(=O)Nc1nc(C)nc(NC(C)COCc2cccc(C)c2)n1. The van der Waals surface area contributed by atoms with Gasteiger partial charge in [-0.05, 0) is 26.3 Å². The number of aromatic nitrogens is 3. The van der Waals surface area contributed by atoms with E-state index >= 15 is 0 Å². The molecule has 0 fully saturated rings. The summed E-state index contributed by atoms with van der Waals surface area (Å²) in [7, 11) is 0. The molecule has 0 bridgehead atoms. The summed E-state index contributed by atoms with van der Waals surface area (Å²) in [5.41, 5.74) is 2.36. The fourth-order valence-corrected chi connectivity index (χ4v) is 2.18. The Morgan fingerprint density at radius 2 is 1.96 bits per heavy atom. The van der Waals surface area contributed by atoms with Gasteiger partial charge in [0.2, 0.25) is 17.8 Å². The van der Waals surface area contributed by atoms with Gasteiger partial charge in [0.1, 0.15) is 5.82 Å². The first kappa shape index (κ1) is 17.8. The zero-order valence-electron chi connectivity index (χ0n) is 14.5. The molecule has 1 amide bonds. The second-order valence-electron chi connectivity index (χ2n) is 5.76. The molecule has 0 spiro atoms. The van der Waals surface area contributed by atoms with Crippen molar-refractivity contribution in [3.8, 4) is 0 Å². The lowest BCUT2D eigenvalue weighted by Crippen LogP contribution is -2.24. The normalized spacial score (nSPS) is 11.8. The highest BCUT2D eigenvalue weighted by atomic mass is 16.5. The van der Waals surface area contributed by atoms with Crippen LogP contribution in [-0.4, -0.2) is 33.5 Å². The summed E-state index contributed by atoms with van der Waals surface area (Å²) in [4.78, 5) is 23.6. The molecule has 7 heteroatoms. The number of amides is 1. The van der Waals surface area contributed by atoms with E-state index in [0.717, 1.165) is 5.56 Å². The molecule has 0 aliphatic rings. The van der Waals surface area contributed by atoms with E-state index in [9.17, 15) is 4.79 Å². The molecule has 2 N–H and O–H groups in total. The van der Waals surface area contributed by atoms with E-state index in [0.29, 0.717) is 25.0 Å². The Morgan fingerprint density at radius 3 is 2.67 bits per heavy atom. The standard InChI is InChI=1S/C17H23N5O2/c1-11-6-5-7-15(8-11)10-24-9-12(2)18-16-19-13(3)20-17(22-16)21-14(4)23/h5-8,12H,9-10H2,1-4H3,(H2,18,19,20,21,22,23). The van der Waals surface area contributed by atoms with Crippen LogP contribution in [0.15, 0.2) is 24.3 Å². The van der Waals surface area contributed by atoms with Gasteiger partial charge in [0.25, 0.3) is 0 Å². The van der Waals surface area contributed by atoms with Crippen molar-refractivity contribution in [3.63, 3.8) is 0 Å². The number of rotatable bonds is 7. The average Bonchev–Trinajstić information content (AvgIpc) is 2.45. The molecule has 0 aliphatic carbocycles. The van der Waals surface area contributed by atoms with E-state index in [2.05, 4.69) is 44.6 Å². The zero-order chi connectivity index (χ0) is 17.5. The molecular formula is C17H23N5O2. The van der Waals surface area contributed by atoms with Crippen molar-refractivity contribution >= 4 is 17.8 Å². The van der Waals surface area contributed by atoms with Gasteiger partial charge in [-0.2, -0.15) is 15.0 Å². The molecule has 1 atom stereocenters. The highest BCUT2D eigenvalue weighted by molar-refractivity contribution is 5.86. The largest absolute Gasteiger partial charge is 0.375 e. The van der Waals surface area contributed by atoms with Crippen molar-refractivity contribution in [2.45, 2.75) is 40.3 Å². The molecule has 0 radical (unpaired) electrons. The minimum absolute atomic E-state index is 0.0155. The number of hydrogen-bond acceptors (Lipinski definition) is 6. The zero-order valence-corrected chi connectivity index (χ0v) is 14.5. The summed E-state index contributed by atoms with van der Waals surface area (Å²) >= 11 is 0. The number of hydrogen-bond donors (Lipinski definition) is 2. The van der Waals surface area contributed by atoms with Gasteiger partial charge in [0, 0.05) is 13.0 Å². The smallest absolute Gasteiger partial charge is 0.234 e. The molecule has 1 unspecified atom stereocenters. The molecule has 1 aromatic carbocycles. The molecule has 0 saturated heterocycles. The fraction of sp³-hybridized carbons (Fsp3) is 0.412. The highest BCUT2D eigenvalue weighted by Crippen LogP contribution is 2.08. The maximum absolute atomic E-state index is 11.1. The van der Waals surface area contributed by atoms with Crippen LogP contribution in [0.4, 0.5) is 11.9 Å². The van der Waals surface area contributed by atoms with Gasteiger partial charge in [0.05, 0.1) is 13.2 Å². The molecule has 1 aromatic heterocycles. The van der Waals surface area contributed by atoms with Crippen LogP contribution in [0.25, 0.3) is 0 Å². The molecule has 128 valence electrons. The van der Waals surface area contributed by atoms with Crippen LogP contribution in [0.5, 0.6) is 0 Å². The maximum atomic E-state index is 11.1. The quantitative estimate of drug-likeness (QED) is 0.811. The molecule has 0 saturated carbocycles. The second-order valence-corrected chi connectivity index (χ2v) is 5.76. The highest BCUT2D eigenvalue weighted by Gasteiger charge is 2.09. The summed E-state index contributed by atoms with van der Waals surface area (Å²) in [5, 5.41) is 5.71. The summed E-state index contributed by atoms with van der Waals surface area (Å²) in [6.45, 7) is 8.26. The third kappa shape index (κ3) is 5.92. The van der Waals surface area contributed by atoms with E-state index in [-0.39, 0.29) is 17.9 Å². The van der Waals surface area contributed by atoms with Crippen molar-refractivity contribution < 1.29 is 9.53 Å². The number of ether oxygens (including phenoxy) is 1. The fourth-order valence-electron chi connectivity index (χ4n) is 2.18. The lowest BCUT2D eigenvalue weighted by molar-refractivity contribution is -0.114. The number of carbonyl (C=O) groups excluding carboxylic acids is 1. The van der Waals surface area contributed by atoms with E-state index < -0.39 is 0 Å². The maximum Gasteiger partial charge on any atom is 0.234 e. The molecule has 24 heavy (non-hydrogen) atoms. The molecule has 7 nitrogen and oxygen atoms in total. The third-order valence-electron chi connectivity index (χ3n) is 3.13. The first-order valence-corrected chi connectivity index (χ1v) is 7.82. The molecule has 0 aliphatic heterocycles. The average molecular weight is 329 g/mol. The van der Waals surface area contributed by atoms with Gasteiger partial charge in [-0.1, -0.05) is 29.8 Å². The van der Waals surface area contributed by atoms with Crippen LogP contribution in [-0.2, 0) is 16.1 Å². The number of nitrogens with zero attached hydrogens (tertiary/aromatic N) is 3. The van der Waals surface area contributed by atoms with Crippen LogP contribution in [0.3, 0.4) is 0 Å². The first-order valence-electron chi connectivity index (χ1n) is 7.82. The van der Waals surface area contributed by atoms with Crippen molar-refractivity contribution in [1.29, 1.82) is 0 Å². The van der Waals surface area contributed by atoms with Crippen LogP contribution >= 0.6 is 0 Å². The van der Waals surface area contributed by atoms with Gasteiger partial charge in [-0.3, -0.25) is 10.1 Å². The van der Waals surface area contributed by atoms with Gasteiger partial charge in [0.15, 0.2) is 0 Å². The Hall–Kier alpha value is -2.54. The minimum atomic E-state index is -0.221. The van der Waals surface area contributed by atoms with Gasteiger partial charge in [-0.15, -0.1) is 0 Å². The molecular weight excluding hydrogens is 306 g/mol. The number of anilines is 2. The first-order chi connectivity index (χ1) is 11.4. The summed E-state index contributed by atoms with van der Waals surface area (Å²) < 4.78 is 5.73. The molecule has 1 heterocycles. The lowest BCUT2D eigenvalue weighted by Gasteiger charge is -2.15.